The van der Waals surface area contributed by atoms with Crippen LogP contribution in [0.4, 0.5) is 17.6 Å². The van der Waals surface area contributed by atoms with Gasteiger partial charge in [0.15, 0.2) is 5.60 Å². The van der Waals surface area contributed by atoms with Gasteiger partial charge in [-0.2, -0.15) is 13.9 Å². The summed E-state index contributed by atoms with van der Waals surface area (Å²) in [4.78, 5) is 14.9. The molecule has 4 N–H and O–H groups in total. The van der Waals surface area contributed by atoms with E-state index in [9.17, 15) is 27.5 Å². The number of rotatable bonds is 5. The summed E-state index contributed by atoms with van der Waals surface area (Å²) in [6.45, 7) is -1.03. The molecule has 0 saturated carbocycles. The number of aliphatic hydroxyl groups is 1. The smallest absolute Gasteiger partial charge is 0.359 e. The van der Waals surface area contributed by atoms with E-state index in [-0.39, 0.29) is 0 Å². The van der Waals surface area contributed by atoms with Crippen LogP contribution in [0, 0.1) is 11.6 Å². The Balaban J connectivity index is 2.61. The molecule has 0 saturated heterocycles. The van der Waals surface area contributed by atoms with Crippen molar-refractivity contribution in [1.82, 2.24) is 20.2 Å². The number of carbonyl (C=O) groups is 1. The number of amides is 1. The van der Waals surface area contributed by atoms with Gasteiger partial charge < -0.3 is 5.11 Å². The number of nitrogens with zero attached hydrogens (tertiary/aromatic N) is 3. The van der Waals surface area contributed by atoms with Crippen molar-refractivity contribution in [3.63, 3.8) is 0 Å². The predicted octanol–water partition coefficient (Wildman–Crippen LogP) is 0.0693. The number of halogens is 4. The summed E-state index contributed by atoms with van der Waals surface area (Å²) in [6.07, 6.45) is 1.96. The van der Waals surface area contributed by atoms with E-state index in [0.29, 0.717) is 18.2 Å². The standard InChI is InChI=1S/C12H11F4N5O2/c13-7-1-2-8(9(14)3-7)11(23,4-21-6-18-5-19-21)12(15,16)10(22)20-17/h1-3,5-6,23H,4,17H2,(H,20,22). The van der Waals surface area contributed by atoms with Crippen molar-refractivity contribution < 1.29 is 27.5 Å². The molecule has 0 spiro atoms. The van der Waals surface area contributed by atoms with Gasteiger partial charge in [-0.3, -0.25) is 10.2 Å². The minimum absolute atomic E-state index is 0.304. The van der Waals surface area contributed by atoms with Gasteiger partial charge in [-0.05, 0) is 12.1 Å². The molecule has 7 nitrogen and oxygen atoms in total. The summed E-state index contributed by atoms with van der Waals surface area (Å²) in [5.74, 6) is -4.41. The van der Waals surface area contributed by atoms with Gasteiger partial charge >= 0.3 is 11.8 Å². The Hall–Kier alpha value is -2.53. The SMILES string of the molecule is NNC(=O)C(F)(F)C(O)(Cn1cncn1)c1ccc(F)cc1F. The van der Waals surface area contributed by atoms with Crippen molar-refractivity contribution >= 4 is 5.91 Å². The molecule has 1 atom stereocenters. The Kier molecular flexibility index (Phi) is 4.34. The molecule has 0 aliphatic rings. The maximum atomic E-state index is 14.4. The van der Waals surface area contributed by atoms with Crippen LogP contribution in [0.15, 0.2) is 30.9 Å². The van der Waals surface area contributed by atoms with E-state index < -0.39 is 41.2 Å². The van der Waals surface area contributed by atoms with Gasteiger partial charge in [0, 0.05) is 11.6 Å². The van der Waals surface area contributed by atoms with Gasteiger partial charge in [-0.25, -0.2) is 24.3 Å². The molecule has 124 valence electrons. The number of hydrogen-bond donors (Lipinski definition) is 3. The molecule has 1 amide bonds. The highest BCUT2D eigenvalue weighted by molar-refractivity contribution is 5.84. The Morgan fingerprint density at radius 2 is 2.09 bits per heavy atom. The number of alkyl halides is 2. The van der Waals surface area contributed by atoms with E-state index in [2.05, 4.69) is 15.9 Å². The van der Waals surface area contributed by atoms with Crippen LogP contribution in [-0.2, 0) is 16.9 Å². The van der Waals surface area contributed by atoms with Crippen molar-refractivity contribution in [3.05, 3.63) is 48.1 Å². The lowest BCUT2D eigenvalue weighted by Gasteiger charge is -2.34. The third kappa shape index (κ3) is 2.87. The number of nitrogens with one attached hydrogen (secondary N) is 1. The fourth-order valence-corrected chi connectivity index (χ4v) is 2.01. The molecular weight excluding hydrogens is 322 g/mol. The van der Waals surface area contributed by atoms with Gasteiger partial charge in [-0.15, -0.1) is 0 Å². The van der Waals surface area contributed by atoms with Crippen molar-refractivity contribution in [2.24, 2.45) is 5.84 Å². The lowest BCUT2D eigenvalue weighted by atomic mass is 9.86. The molecule has 0 aliphatic carbocycles. The van der Waals surface area contributed by atoms with Crippen molar-refractivity contribution in [3.8, 4) is 0 Å². The first kappa shape index (κ1) is 16.8. The minimum Gasteiger partial charge on any atom is -0.377 e. The molecule has 2 rings (SSSR count). The summed E-state index contributed by atoms with van der Waals surface area (Å²) >= 11 is 0. The minimum atomic E-state index is -4.55. The highest BCUT2D eigenvalue weighted by Gasteiger charge is 2.60. The molecule has 1 unspecified atom stereocenters. The highest BCUT2D eigenvalue weighted by Crippen LogP contribution is 2.40. The fraction of sp³-hybridized carbons (Fsp3) is 0.250. The zero-order chi connectivity index (χ0) is 17.3. The van der Waals surface area contributed by atoms with Crippen LogP contribution in [0.5, 0.6) is 0 Å². The number of nitrogens with two attached hydrogens (primary N) is 1. The van der Waals surface area contributed by atoms with Gasteiger partial charge in [-0.1, -0.05) is 0 Å². The number of benzene rings is 1. The van der Waals surface area contributed by atoms with E-state index in [0.717, 1.165) is 17.3 Å². The quantitative estimate of drug-likeness (QED) is 0.311. The topological polar surface area (TPSA) is 106 Å². The Bertz CT molecular complexity index is 709. The third-order valence-electron chi connectivity index (χ3n) is 3.17. The fourth-order valence-electron chi connectivity index (χ4n) is 2.01. The molecule has 2 aromatic rings. The normalized spacial score (nSPS) is 14.3. The number of aromatic nitrogens is 3. The van der Waals surface area contributed by atoms with E-state index in [1.807, 2.05) is 0 Å². The zero-order valence-electron chi connectivity index (χ0n) is 11.4. The molecule has 1 aromatic heterocycles. The first-order valence-corrected chi connectivity index (χ1v) is 6.11. The first-order valence-electron chi connectivity index (χ1n) is 6.11. The molecule has 0 fully saturated rings. The average Bonchev–Trinajstić information content (AvgIpc) is 2.98. The molecule has 0 radical (unpaired) electrons. The summed E-state index contributed by atoms with van der Waals surface area (Å²) < 4.78 is 56.4. The van der Waals surface area contributed by atoms with Gasteiger partial charge in [0.1, 0.15) is 24.3 Å². The Morgan fingerprint density at radius 1 is 1.39 bits per heavy atom. The van der Waals surface area contributed by atoms with Crippen LogP contribution >= 0.6 is 0 Å². The molecule has 0 aliphatic heterocycles. The van der Waals surface area contributed by atoms with E-state index >= 15 is 0 Å². The Morgan fingerprint density at radius 3 is 2.61 bits per heavy atom. The van der Waals surface area contributed by atoms with Crippen LogP contribution in [0.2, 0.25) is 0 Å². The molecule has 1 heterocycles. The van der Waals surface area contributed by atoms with Crippen molar-refractivity contribution in [2.45, 2.75) is 18.1 Å². The maximum Gasteiger partial charge on any atom is 0.359 e. The maximum absolute atomic E-state index is 14.4. The number of hydrazine groups is 1. The van der Waals surface area contributed by atoms with Crippen molar-refractivity contribution in [2.75, 3.05) is 0 Å². The lowest BCUT2D eigenvalue weighted by Crippen LogP contribution is -2.58. The van der Waals surface area contributed by atoms with E-state index in [4.69, 9.17) is 0 Å². The summed E-state index contributed by atoms with van der Waals surface area (Å²) in [6, 6.07) is 1.58. The second-order valence-corrected chi connectivity index (χ2v) is 4.63. The summed E-state index contributed by atoms with van der Waals surface area (Å²) in [5, 5.41) is 14.0. The first-order chi connectivity index (χ1) is 10.7. The van der Waals surface area contributed by atoms with Crippen LogP contribution in [0.1, 0.15) is 5.56 Å². The van der Waals surface area contributed by atoms with Crippen LogP contribution in [0.25, 0.3) is 0 Å². The number of carbonyl (C=O) groups excluding carboxylic acids is 1. The van der Waals surface area contributed by atoms with Gasteiger partial charge in [0.2, 0.25) is 0 Å². The molecule has 23 heavy (non-hydrogen) atoms. The Labute approximate surface area is 126 Å². The molecular formula is C12H11F4N5O2. The predicted molar refractivity (Wildman–Crippen MR) is 67.6 cm³/mol. The van der Waals surface area contributed by atoms with Crippen molar-refractivity contribution in [1.29, 1.82) is 0 Å². The van der Waals surface area contributed by atoms with Crippen LogP contribution < -0.4 is 11.3 Å². The van der Waals surface area contributed by atoms with Gasteiger partial charge in [0.25, 0.3) is 0 Å². The molecule has 11 heteroatoms. The average molecular weight is 333 g/mol. The monoisotopic (exact) mass is 333 g/mol. The summed E-state index contributed by atoms with van der Waals surface area (Å²) in [7, 11) is 0. The van der Waals surface area contributed by atoms with Crippen LogP contribution in [0.3, 0.4) is 0 Å². The molecule has 1 aromatic carbocycles. The molecule has 0 bridgehead atoms. The number of hydrogen-bond acceptors (Lipinski definition) is 5. The van der Waals surface area contributed by atoms with E-state index in [1.54, 1.807) is 0 Å². The van der Waals surface area contributed by atoms with E-state index in [1.165, 1.54) is 5.43 Å². The summed E-state index contributed by atoms with van der Waals surface area (Å²) in [5.41, 5.74) is -3.18. The van der Waals surface area contributed by atoms with Crippen LogP contribution in [-0.4, -0.2) is 31.7 Å². The second-order valence-electron chi connectivity index (χ2n) is 4.63. The second kappa shape index (κ2) is 5.93. The highest BCUT2D eigenvalue weighted by atomic mass is 19.3. The lowest BCUT2D eigenvalue weighted by molar-refractivity contribution is -0.203. The zero-order valence-corrected chi connectivity index (χ0v) is 11.4. The largest absolute Gasteiger partial charge is 0.377 e. The van der Waals surface area contributed by atoms with Gasteiger partial charge in [0.05, 0.1) is 6.54 Å². The third-order valence-corrected chi connectivity index (χ3v) is 3.17.